The first-order valence-electron chi connectivity index (χ1n) is 6.74. The molecule has 0 aliphatic rings. The molecule has 0 unspecified atom stereocenters. The van der Waals surface area contributed by atoms with E-state index < -0.39 is 10.0 Å². The molecule has 1 aromatic rings. The highest BCUT2D eigenvalue weighted by Crippen LogP contribution is 2.17. The zero-order chi connectivity index (χ0) is 15.7. The molecule has 8 heteroatoms. The van der Waals surface area contributed by atoms with Gasteiger partial charge in [-0.25, -0.2) is 8.42 Å². The number of azide groups is 1. The van der Waals surface area contributed by atoms with Gasteiger partial charge in [-0.2, -0.15) is 0 Å². The average molecular weight is 314 g/mol. The van der Waals surface area contributed by atoms with E-state index in [-0.39, 0.29) is 16.0 Å². The second kappa shape index (κ2) is 8.61. The molecule has 0 fully saturated rings. The third-order valence-corrected chi connectivity index (χ3v) is 4.56. The van der Waals surface area contributed by atoms with E-state index in [1.165, 1.54) is 12.1 Å². The Morgan fingerprint density at radius 3 is 2.43 bits per heavy atom. The highest BCUT2D eigenvalue weighted by Gasteiger charge is 2.23. The summed E-state index contributed by atoms with van der Waals surface area (Å²) in [6.07, 6.45) is 2.61. The number of benzene rings is 1. The van der Waals surface area contributed by atoms with Crippen LogP contribution in [0, 0.1) is 6.92 Å². The van der Waals surface area contributed by atoms with Crippen LogP contribution in [-0.4, -0.2) is 26.0 Å². The lowest BCUT2D eigenvalue weighted by Crippen LogP contribution is -2.24. The molecule has 21 heavy (non-hydrogen) atoms. The summed E-state index contributed by atoms with van der Waals surface area (Å²) in [7, 11) is -4.06. The standard InChI is InChI=1S/C13H19FN4O2S/c1-12-6-8-13(9-7-12)21(19,20)18(14)11-5-3-2-4-10-16-17-15/h6-9H,2-5,10-11H2,1H3. The van der Waals surface area contributed by atoms with E-state index in [0.717, 1.165) is 18.4 Å². The monoisotopic (exact) mass is 314 g/mol. The highest BCUT2D eigenvalue weighted by atomic mass is 32.2. The van der Waals surface area contributed by atoms with Crippen molar-refractivity contribution in [2.45, 2.75) is 37.5 Å². The van der Waals surface area contributed by atoms with Crippen LogP contribution in [0.2, 0.25) is 0 Å². The Morgan fingerprint density at radius 1 is 1.19 bits per heavy atom. The van der Waals surface area contributed by atoms with E-state index in [9.17, 15) is 12.9 Å². The fourth-order valence-electron chi connectivity index (χ4n) is 1.76. The molecular weight excluding hydrogens is 295 g/mol. The largest absolute Gasteiger partial charge is 0.269 e. The number of hydrogen-bond donors (Lipinski definition) is 0. The maximum atomic E-state index is 13.8. The van der Waals surface area contributed by atoms with Gasteiger partial charge in [0.05, 0.1) is 4.90 Å². The topological polar surface area (TPSA) is 86.1 Å². The maximum absolute atomic E-state index is 13.8. The van der Waals surface area contributed by atoms with Crippen molar-refractivity contribution in [2.75, 3.05) is 13.1 Å². The third kappa shape index (κ3) is 5.71. The summed E-state index contributed by atoms with van der Waals surface area (Å²) in [4.78, 5) is 2.59. The molecule has 0 saturated heterocycles. The van der Waals surface area contributed by atoms with Gasteiger partial charge in [0.2, 0.25) is 0 Å². The molecule has 6 nitrogen and oxygen atoms in total. The van der Waals surface area contributed by atoms with Gasteiger partial charge in [0.25, 0.3) is 10.0 Å². The van der Waals surface area contributed by atoms with E-state index in [0.29, 0.717) is 19.4 Å². The van der Waals surface area contributed by atoms with Crippen molar-refractivity contribution >= 4 is 10.0 Å². The second-order valence-electron chi connectivity index (χ2n) is 4.70. The molecule has 0 bridgehead atoms. The molecule has 0 aliphatic carbocycles. The van der Waals surface area contributed by atoms with Crippen molar-refractivity contribution in [1.82, 2.24) is 4.53 Å². The summed E-state index contributed by atoms with van der Waals surface area (Å²) in [6, 6.07) is 6.07. The fourth-order valence-corrected chi connectivity index (χ4v) is 2.84. The van der Waals surface area contributed by atoms with Crippen molar-refractivity contribution < 1.29 is 12.9 Å². The third-order valence-electron chi connectivity index (χ3n) is 2.98. The number of unbranched alkanes of at least 4 members (excludes halogenated alkanes) is 3. The van der Waals surface area contributed by atoms with Gasteiger partial charge in [-0.15, -0.1) is 4.48 Å². The van der Waals surface area contributed by atoms with Gasteiger partial charge in [0.1, 0.15) is 0 Å². The number of aryl methyl sites for hydroxylation is 1. The number of nitrogens with zero attached hydrogens (tertiary/aromatic N) is 4. The summed E-state index contributed by atoms with van der Waals surface area (Å²) in [6.45, 7) is 2.08. The van der Waals surface area contributed by atoms with Crippen LogP contribution in [0.5, 0.6) is 0 Å². The summed E-state index contributed by atoms with van der Waals surface area (Å²) >= 11 is 0. The number of sulfonamides is 1. The molecule has 0 aliphatic heterocycles. The molecule has 0 heterocycles. The average Bonchev–Trinajstić information content (AvgIpc) is 2.46. The minimum absolute atomic E-state index is 0.0426. The summed E-state index contributed by atoms with van der Waals surface area (Å²) in [5, 5.41) is 3.39. The summed E-state index contributed by atoms with van der Waals surface area (Å²) in [5.41, 5.74) is 9.01. The highest BCUT2D eigenvalue weighted by molar-refractivity contribution is 7.89. The Morgan fingerprint density at radius 2 is 1.81 bits per heavy atom. The minimum atomic E-state index is -4.06. The van der Waals surface area contributed by atoms with E-state index in [1.807, 2.05) is 6.92 Å². The molecule has 0 aromatic heterocycles. The van der Waals surface area contributed by atoms with Crippen molar-refractivity contribution in [3.8, 4) is 0 Å². The van der Waals surface area contributed by atoms with Gasteiger partial charge in [-0.3, -0.25) is 0 Å². The van der Waals surface area contributed by atoms with E-state index >= 15 is 0 Å². The predicted octanol–water partition coefficient (Wildman–Crippen LogP) is 3.74. The van der Waals surface area contributed by atoms with Crippen LogP contribution in [0.25, 0.3) is 10.4 Å². The molecule has 0 saturated carbocycles. The Hall–Kier alpha value is -1.63. The van der Waals surface area contributed by atoms with Crippen LogP contribution in [0.4, 0.5) is 4.48 Å². The fraction of sp³-hybridized carbons (Fsp3) is 0.538. The number of rotatable bonds is 9. The van der Waals surface area contributed by atoms with Crippen LogP contribution in [0.15, 0.2) is 34.3 Å². The van der Waals surface area contributed by atoms with Crippen molar-refractivity contribution in [3.63, 3.8) is 0 Å². The van der Waals surface area contributed by atoms with Crippen molar-refractivity contribution in [2.24, 2.45) is 5.11 Å². The van der Waals surface area contributed by atoms with Gasteiger partial charge in [0.15, 0.2) is 0 Å². The first kappa shape index (κ1) is 17.4. The SMILES string of the molecule is Cc1ccc(S(=O)(=O)N(F)CCCCCCN=[N+]=[N-])cc1. The molecule has 0 N–H and O–H groups in total. The number of hydrogen-bond acceptors (Lipinski definition) is 3. The van der Waals surface area contributed by atoms with Gasteiger partial charge in [-0.1, -0.05) is 35.7 Å². The molecule has 0 spiro atoms. The molecular formula is C13H19FN4O2S. The van der Waals surface area contributed by atoms with Crippen LogP contribution < -0.4 is 0 Å². The van der Waals surface area contributed by atoms with Crippen LogP contribution in [0.3, 0.4) is 0 Å². The van der Waals surface area contributed by atoms with Crippen LogP contribution in [-0.2, 0) is 10.0 Å². The Kier molecular flexibility index (Phi) is 7.14. The zero-order valence-electron chi connectivity index (χ0n) is 11.9. The maximum Gasteiger partial charge on any atom is 0.269 e. The second-order valence-corrected chi connectivity index (χ2v) is 6.52. The Bertz CT molecular complexity index is 583. The first-order valence-corrected chi connectivity index (χ1v) is 8.18. The molecule has 0 atom stereocenters. The Balaban J connectivity index is 2.41. The van der Waals surface area contributed by atoms with Gasteiger partial charge in [-0.05, 0) is 42.0 Å². The first-order chi connectivity index (χ1) is 9.98. The molecule has 1 aromatic carbocycles. The van der Waals surface area contributed by atoms with Gasteiger partial charge in [0, 0.05) is 18.0 Å². The summed E-state index contributed by atoms with van der Waals surface area (Å²) < 4.78 is 37.6. The molecule has 116 valence electrons. The van der Waals surface area contributed by atoms with E-state index in [1.54, 1.807) is 12.1 Å². The van der Waals surface area contributed by atoms with Crippen molar-refractivity contribution in [1.29, 1.82) is 0 Å². The Labute approximate surface area is 124 Å². The zero-order valence-corrected chi connectivity index (χ0v) is 12.8. The minimum Gasteiger partial charge on any atom is -0.205 e. The van der Waals surface area contributed by atoms with Crippen molar-refractivity contribution in [3.05, 3.63) is 40.3 Å². The summed E-state index contributed by atoms with van der Waals surface area (Å²) in [5.74, 6) is 0. The van der Waals surface area contributed by atoms with Gasteiger partial charge < -0.3 is 0 Å². The predicted molar refractivity (Wildman–Crippen MR) is 78.7 cm³/mol. The molecule has 0 amide bonds. The lowest BCUT2D eigenvalue weighted by atomic mass is 10.2. The normalized spacial score (nSPS) is 11.4. The number of halogens is 1. The molecule has 1 rings (SSSR count). The lowest BCUT2D eigenvalue weighted by molar-refractivity contribution is 0.136. The van der Waals surface area contributed by atoms with Crippen LogP contribution in [0.1, 0.15) is 31.2 Å². The van der Waals surface area contributed by atoms with E-state index in [4.69, 9.17) is 5.53 Å². The smallest absolute Gasteiger partial charge is 0.205 e. The van der Waals surface area contributed by atoms with Crippen LogP contribution >= 0.6 is 0 Å². The van der Waals surface area contributed by atoms with E-state index in [2.05, 4.69) is 10.0 Å². The molecule has 0 radical (unpaired) electrons. The van der Waals surface area contributed by atoms with Gasteiger partial charge >= 0.3 is 0 Å². The lowest BCUT2D eigenvalue weighted by Gasteiger charge is -2.12. The quantitative estimate of drug-likeness (QED) is 0.228.